The molecule has 0 amide bonds. The molecule has 98 valence electrons. The second-order valence-corrected chi connectivity index (χ2v) is 4.75. The minimum atomic E-state index is -0.772. The van der Waals surface area contributed by atoms with E-state index in [0.29, 0.717) is 12.8 Å². The summed E-state index contributed by atoms with van der Waals surface area (Å²) in [6.45, 7) is 5.82. The van der Waals surface area contributed by atoms with Gasteiger partial charge in [-0.05, 0) is 24.8 Å². The van der Waals surface area contributed by atoms with E-state index in [1.54, 1.807) is 6.08 Å². The monoisotopic (exact) mass is 246 g/mol. The fourth-order valence-electron chi connectivity index (χ4n) is 2.13. The summed E-state index contributed by atoms with van der Waals surface area (Å²) in [5, 5.41) is 9.46. The van der Waals surface area contributed by atoms with Crippen molar-refractivity contribution in [1.82, 2.24) is 0 Å². The molecule has 1 aromatic rings. The molecule has 0 spiro atoms. The molecule has 1 aromatic carbocycles. The van der Waals surface area contributed by atoms with Crippen LogP contribution in [0, 0.1) is 5.41 Å². The maximum Gasteiger partial charge on any atom is 0.313 e. The summed E-state index contributed by atoms with van der Waals surface area (Å²) in [5.41, 5.74) is 0.410. The Hall–Kier alpha value is -1.57. The molecule has 18 heavy (non-hydrogen) atoms. The summed E-state index contributed by atoms with van der Waals surface area (Å²) < 4.78 is 0. The third-order valence-corrected chi connectivity index (χ3v) is 3.50. The third kappa shape index (κ3) is 3.73. The van der Waals surface area contributed by atoms with Crippen molar-refractivity contribution in [2.24, 2.45) is 5.41 Å². The second-order valence-electron chi connectivity index (χ2n) is 4.75. The van der Waals surface area contributed by atoms with Crippen LogP contribution in [0.25, 0.3) is 0 Å². The van der Waals surface area contributed by atoms with Crippen LogP contribution in [0.1, 0.15) is 38.2 Å². The third-order valence-electron chi connectivity index (χ3n) is 3.50. The van der Waals surface area contributed by atoms with Gasteiger partial charge in [0, 0.05) is 0 Å². The van der Waals surface area contributed by atoms with E-state index in [4.69, 9.17) is 0 Å². The minimum absolute atomic E-state index is 0.621. The van der Waals surface area contributed by atoms with Crippen LogP contribution in [-0.4, -0.2) is 11.1 Å². The van der Waals surface area contributed by atoms with E-state index >= 15 is 0 Å². The lowest BCUT2D eigenvalue weighted by Gasteiger charge is -2.25. The van der Waals surface area contributed by atoms with E-state index in [1.165, 1.54) is 5.56 Å². The molecule has 0 aliphatic carbocycles. The van der Waals surface area contributed by atoms with Gasteiger partial charge in [0.15, 0.2) is 0 Å². The summed E-state index contributed by atoms with van der Waals surface area (Å²) in [7, 11) is 0. The Kier molecular flexibility index (Phi) is 5.63. The molecule has 0 bridgehead atoms. The second kappa shape index (κ2) is 7.00. The van der Waals surface area contributed by atoms with Crippen LogP contribution in [0.4, 0.5) is 0 Å². The molecule has 1 unspecified atom stereocenters. The summed E-state index contributed by atoms with van der Waals surface area (Å²) in [4.78, 5) is 11.5. The van der Waals surface area contributed by atoms with Crippen molar-refractivity contribution >= 4 is 5.97 Å². The molecule has 0 aliphatic heterocycles. The zero-order valence-electron chi connectivity index (χ0n) is 11.1. The van der Waals surface area contributed by atoms with Gasteiger partial charge in [-0.3, -0.25) is 4.79 Å². The molecule has 0 saturated heterocycles. The Morgan fingerprint density at radius 3 is 2.50 bits per heavy atom. The summed E-state index contributed by atoms with van der Waals surface area (Å²) >= 11 is 0. The Morgan fingerprint density at radius 2 is 2.00 bits per heavy atom. The topological polar surface area (TPSA) is 37.3 Å². The minimum Gasteiger partial charge on any atom is -0.481 e. The molecule has 1 rings (SSSR count). The van der Waals surface area contributed by atoms with Crippen molar-refractivity contribution in [1.29, 1.82) is 0 Å². The Morgan fingerprint density at radius 1 is 1.33 bits per heavy atom. The first kappa shape index (κ1) is 14.5. The van der Waals surface area contributed by atoms with Gasteiger partial charge in [0.1, 0.15) is 0 Å². The van der Waals surface area contributed by atoms with Gasteiger partial charge < -0.3 is 5.11 Å². The average molecular weight is 246 g/mol. The van der Waals surface area contributed by atoms with Gasteiger partial charge in [-0.25, -0.2) is 0 Å². The van der Waals surface area contributed by atoms with E-state index in [9.17, 15) is 9.90 Å². The van der Waals surface area contributed by atoms with E-state index in [2.05, 4.69) is 13.5 Å². The first-order valence-corrected chi connectivity index (χ1v) is 6.55. The fourth-order valence-corrected chi connectivity index (χ4v) is 2.13. The predicted molar refractivity (Wildman–Crippen MR) is 74.6 cm³/mol. The number of unbranched alkanes of at least 4 members (excludes halogenated alkanes) is 1. The van der Waals surface area contributed by atoms with Gasteiger partial charge in [-0.15, -0.1) is 6.58 Å². The van der Waals surface area contributed by atoms with Crippen LogP contribution in [0.2, 0.25) is 0 Å². The average Bonchev–Trinajstić information content (AvgIpc) is 2.40. The van der Waals surface area contributed by atoms with Gasteiger partial charge >= 0.3 is 5.97 Å². The number of aliphatic carboxylic acids is 1. The SMILES string of the molecule is C=CC(CCCC)(CCc1ccccc1)C(=O)O. The van der Waals surface area contributed by atoms with E-state index in [0.717, 1.165) is 19.3 Å². The number of carboxylic acids is 1. The Labute approximate surface area is 109 Å². The first-order chi connectivity index (χ1) is 8.64. The smallest absolute Gasteiger partial charge is 0.313 e. The highest BCUT2D eigenvalue weighted by Crippen LogP contribution is 2.32. The zero-order valence-corrected chi connectivity index (χ0v) is 11.1. The predicted octanol–water partition coefficient (Wildman–Crippen LogP) is 4.07. The van der Waals surface area contributed by atoms with Gasteiger partial charge in [0.2, 0.25) is 0 Å². The normalized spacial score (nSPS) is 13.8. The number of benzene rings is 1. The molecule has 2 heteroatoms. The van der Waals surface area contributed by atoms with Crippen LogP contribution >= 0.6 is 0 Å². The number of aryl methyl sites for hydroxylation is 1. The van der Waals surface area contributed by atoms with Crippen LogP contribution in [0.15, 0.2) is 43.0 Å². The van der Waals surface area contributed by atoms with Crippen molar-refractivity contribution in [2.75, 3.05) is 0 Å². The van der Waals surface area contributed by atoms with Crippen LogP contribution in [0.5, 0.6) is 0 Å². The Bertz CT molecular complexity index is 383. The Balaban J connectivity index is 2.72. The molecule has 2 nitrogen and oxygen atoms in total. The van der Waals surface area contributed by atoms with Gasteiger partial charge in [0.25, 0.3) is 0 Å². The van der Waals surface area contributed by atoms with Crippen molar-refractivity contribution in [2.45, 2.75) is 39.0 Å². The van der Waals surface area contributed by atoms with E-state index in [-0.39, 0.29) is 0 Å². The molecule has 0 saturated carbocycles. The highest BCUT2D eigenvalue weighted by Gasteiger charge is 2.33. The van der Waals surface area contributed by atoms with Crippen molar-refractivity contribution in [3.05, 3.63) is 48.6 Å². The highest BCUT2D eigenvalue weighted by molar-refractivity contribution is 5.76. The summed E-state index contributed by atoms with van der Waals surface area (Å²) in [6.07, 6.45) is 5.63. The molecule has 0 fully saturated rings. The quantitative estimate of drug-likeness (QED) is 0.702. The first-order valence-electron chi connectivity index (χ1n) is 6.55. The highest BCUT2D eigenvalue weighted by atomic mass is 16.4. The van der Waals surface area contributed by atoms with E-state index < -0.39 is 11.4 Å². The number of rotatable bonds is 8. The van der Waals surface area contributed by atoms with Crippen LogP contribution < -0.4 is 0 Å². The maximum atomic E-state index is 11.5. The summed E-state index contributed by atoms with van der Waals surface area (Å²) in [6, 6.07) is 10.0. The van der Waals surface area contributed by atoms with Crippen molar-refractivity contribution in [3.63, 3.8) is 0 Å². The van der Waals surface area contributed by atoms with Crippen LogP contribution in [0.3, 0.4) is 0 Å². The number of hydrogen-bond donors (Lipinski definition) is 1. The van der Waals surface area contributed by atoms with Gasteiger partial charge in [-0.2, -0.15) is 0 Å². The van der Waals surface area contributed by atoms with Crippen molar-refractivity contribution < 1.29 is 9.90 Å². The number of carbonyl (C=O) groups is 1. The standard InChI is InChI=1S/C16H22O2/c1-3-5-12-16(4-2,15(17)18)13-11-14-9-7-6-8-10-14/h4,6-10H,2-3,5,11-13H2,1H3,(H,17,18). The fraction of sp³-hybridized carbons (Fsp3) is 0.438. The molecular formula is C16H22O2. The lowest BCUT2D eigenvalue weighted by atomic mass is 9.78. The van der Waals surface area contributed by atoms with Gasteiger partial charge in [0.05, 0.1) is 5.41 Å². The lowest BCUT2D eigenvalue weighted by molar-refractivity contribution is -0.146. The molecule has 0 aromatic heterocycles. The number of hydrogen-bond acceptors (Lipinski definition) is 1. The molecule has 0 aliphatic rings. The largest absolute Gasteiger partial charge is 0.481 e. The van der Waals surface area contributed by atoms with E-state index in [1.807, 2.05) is 30.3 Å². The number of carboxylic acid groups (broad SMARTS) is 1. The lowest BCUT2D eigenvalue weighted by Crippen LogP contribution is -2.29. The maximum absolute atomic E-state index is 11.5. The molecular weight excluding hydrogens is 224 g/mol. The summed E-state index contributed by atoms with van der Waals surface area (Å²) in [5.74, 6) is -0.748. The molecule has 1 N–H and O–H groups in total. The zero-order chi connectivity index (χ0) is 13.4. The van der Waals surface area contributed by atoms with Crippen molar-refractivity contribution in [3.8, 4) is 0 Å². The molecule has 0 radical (unpaired) electrons. The molecule has 0 heterocycles. The molecule has 1 atom stereocenters. The van der Waals surface area contributed by atoms with Crippen LogP contribution in [-0.2, 0) is 11.2 Å². The van der Waals surface area contributed by atoms with Gasteiger partial charge in [-0.1, -0.05) is 56.2 Å².